The Hall–Kier alpha value is -2.00. The molecule has 0 saturated heterocycles. The quantitative estimate of drug-likeness (QED) is 0.592. The van der Waals surface area contributed by atoms with Crippen LogP contribution in [0.5, 0.6) is 17.2 Å². The second-order valence-electron chi connectivity index (χ2n) is 4.91. The number of carbonyl (C=O) groups excluding carboxylic acids is 1. The van der Waals surface area contributed by atoms with Gasteiger partial charge in [0.15, 0.2) is 15.8 Å². The number of hydrogen-bond acceptors (Lipinski definition) is 8. The average molecular weight is 369 g/mol. The number of thioether (sulfide) groups is 1. The molecule has 0 aliphatic rings. The first kappa shape index (κ1) is 18.3. The highest BCUT2D eigenvalue weighted by Gasteiger charge is 2.18. The summed E-state index contributed by atoms with van der Waals surface area (Å²) < 4.78 is 16.6. The van der Waals surface area contributed by atoms with Crippen molar-refractivity contribution in [3.05, 3.63) is 17.7 Å². The number of nitrogens with one attached hydrogen (secondary N) is 1. The van der Waals surface area contributed by atoms with Crippen LogP contribution in [0.2, 0.25) is 0 Å². The predicted octanol–water partition coefficient (Wildman–Crippen LogP) is 3.32. The molecule has 1 aromatic heterocycles. The average Bonchev–Trinajstić information content (AvgIpc) is 2.99. The van der Waals surface area contributed by atoms with Gasteiger partial charge >= 0.3 is 0 Å². The summed E-state index contributed by atoms with van der Waals surface area (Å²) in [5.41, 5.74) is 0.373. The lowest BCUT2D eigenvalue weighted by molar-refractivity contribution is 0.102. The largest absolute Gasteiger partial charge is 0.493 e. The van der Waals surface area contributed by atoms with E-state index in [1.165, 1.54) is 32.7 Å². The van der Waals surface area contributed by atoms with Crippen LogP contribution < -0.4 is 19.5 Å². The Bertz CT molecular complexity index is 693. The van der Waals surface area contributed by atoms with E-state index in [-0.39, 0.29) is 5.91 Å². The third kappa shape index (κ3) is 4.30. The Kier molecular flexibility index (Phi) is 6.27. The van der Waals surface area contributed by atoms with E-state index in [1.807, 2.05) is 0 Å². The third-order valence-corrected chi connectivity index (χ3v) is 4.82. The maximum absolute atomic E-state index is 12.5. The highest BCUT2D eigenvalue weighted by molar-refractivity contribution is 8.01. The van der Waals surface area contributed by atoms with Crippen molar-refractivity contribution >= 4 is 34.1 Å². The molecule has 1 amide bonds. The second-order valence-corrected chi connectivity index (χ2v) is 7.71. The van der Waals surface area contributed by atoms with E-state index in [9.17, 15) is 4.79 Å². The van der Waals surface area contributed by atoms with Gasteiger partial charge in [-0.2, -0.15) is 0 Å². The van der Waals surface area contributed by atoms with E-state index < -0.39 is 0 Å². The van der Waals surface area contributed by atoms with Gasteiger partial charge in [0, 0.05) is 10.8 Å². The summed E-state index contributed by atoms with van der Waals surface area (Å²) in [4.78, 5) is 12.5. The molecule has 1 heterocycles. The minimum absolute atomic E-state index is 0.327. The Morgan fingerprint density at radius 1 is 1.12 bits per heavy atom. The summed E-state index contributed by atoms with van der Waals surface area (Å²) in [5, 5.41) is 11.6. The van der Waals surface area contributed by atoms with E-state index in [0.717, 1.165) is 4.34 Å². The van der Waals surface area contributed by atoms with Crippen LogP contribution in [0.4, 0.5) is 5.13 Å². The highest BCUT2D eigenvalue weighted by atomic mass is 32.2. The van der Waals surface area contributed by atoms with Crippen molar-refractivity contribution in [2.45, 2.75) is 23.4 Å². The van der Waals surface area contributed by atoms with E-state index in [4.69, 9.17) is 14.2 Å². The molecule has 9 heteroatoms. The van der Waals surface area contributed by atoms with Gasteiger partial charge in [-0.05, 0) is 12.1 Å². The molecule has 2 aromatic rings. The van der Waals surface area contributed by atoms with Crippen molar-refractivity contribution in [2.24, 2.45) is 0 Å². The minimum atomic E-state index is -0.327. The van der Waals surface area contributed by atoms with E-state index in [0.29, 0.717) is 33.2 Å². The fourth-order valence-corrected chi connectivity index (χ4v) is 3.86. The zero-order chi connectivity index (χ0) is 17.7. The fourth-order valence-electron chi connectivity index (χ4n) is 1.89. The van der Waals surface area contributed by atoms with Crippen LogP contribution in [0.25, 0.3) is 0 Å². The lowest BCUT2D eigenvalue weighted by Gasteiger charge is -2.13. The molecule has 0 fully saturated rings. The molecule has 2 rings (SSSR count). The van der Waals surface area contributed by atoms with Crippen LogP contribution >= 0.6 is 23.1 Å². The zero-order valence-electron chi connectivity index (χ0n) is 14.1. The number of rotatable bonds is 7. The number of aromatic nitrogens is 2. The molecule has 0 aliphatic carbocycles. The number of amides is 1. The molecule has 0 bridgehead atoms. The maximum atomic E-state index is 12.5. The van der Waals surface area contributed by atoms with Crippen molar-refractivity contribution < 1.29 is 19.0 Å². The van der Waals surface area contributed by atoms with Gasteiger partial charge in [0.2, 0.25) is 10.9 Å². The molecule has 0 spiro atoms. The van der Waals surface area contributed by atoms with Crippen molar-refractivity contribution in [1.29, 1.82) is 0 Å². The van der Waals surface area contributed by atoms with E-state index in [2.05, 4.69) is 29.4 Å². The van der Waals surface area contributed by atoms with Gasteiger partial charge in [-0.3, -0.25) is 10.1 Å². The summed E-state index contributed by atoms with van der Waals surface area (Å²) in [6.45, 7) is 4.14. The van der Waals surface area contributed by atoms with Crippen LogP contribution in [-0.4, -0.2) is 42.7 Å². The lowest BCUT2D eigenvalue weighted by atomic mass is 10.1. The monoisotopic (exact) mass is 369 g/mol. The third-order valence-electron chi connectivity index (χ3n) is 2.89. The van der Waals surface area contributed by atoms with Gasteiger partial charge in [0.1, 0.15) is 0 Å². The van der Waals surface area contributed by atoms with Crippen molar-refractivity contribution in [3.63, 3.8) is 0 Å². The summed E-state index contributed by atoms with van der Waals surface area (Å²) in [6.07, 6.45) is 0. The van der Waals surface area contributed by atoms with Crippen molar-refractivity contribution in [2.75, 3.05) is 26.6 Å². The smallest absolute Gasteiger partial charge is 0.257 e. The topological polar surface area (TPSA) is 82.6 Å². The molecule has 24 heavy (non-hydrogen) atoms. The Balaban J connectivity index is 2.21. The molecule has 0 radical (unpaired) electrons. The molecular formula is C15H19N3O4S2. The molecular weight excluding hydrogens is 350 g/mol. The standard InChI is InChI=1S/C15H19N3O4S2/c1-8(2)23-15-18-17-14(24-15)16-13(19)9-6-10(20-3)12(22-5)11(7-9)21-4/h6-8H,1-5H3,(H,16,17,19). The molecule has 130 valence electrons. The first-order valence-corrected chi connectivity index (χ1v) is 8.79. The Morgan fingerprint density at radius 3 is 2.25 bits per heavy atom. The molecule has 1 aromatic carbocycles. The summed E-state index contributed by atoms with van der Waals surface area (Å²) >= 11 is 2.93. The van der Waals surface area contributed by atoms with Gasteiger partial charge in [-0.25, -0.2) is 0 Å². The second kappa shape index (κ2) is 8.20. The van der Waals surface area contributed by atoms with Crippen LogP contribution in [-0.2, 0) is 0 Å². The Morgan fingerprint density at radius 2 is 1.75 bits per heavy atom. The van der Waals surface area contributed by atoms with Gasteiger partial charge < -0.3 is 14.2 Å². The van der Waals surface area contributed by atoms with Crippen LogP contribution in [0.3, 0.4) is 0 Å². The maximum Gasteiger partial charge on any atom is 0.257 e. The number of benzene rings is 1. The molecule has 0 saturated carbocycles. The summed E-state index contributed by atoms with van der Waals surface area (Å²) in [6, 6.07) is 3.17. The first-order valence-electron chi connectivity index (χ1n) is 7.10. The summed E-state index contributed by atoms with van der Waals surface area (Å²) in [7, 11) is 4.51. The summed E-state index contributed by atoms with van der Waals surface area (Å²) in [5.74, 6) is 0.931. The number of hydrogen-bond donors (Lipinski definition) is 1. The minimum Gasteiger partial charge on any atom is -0.493 e. The zero-order valence-corrected chi connectivity index (χ0v) is 15.7. The number of anilines is 1. The van der Waals surface area contributed by atoms with Crippen molar-refractivity contribution in [1.82, 2.24) is 10.2 Å². The number of methoxy groups -OCH3 is 3. The first-order chi connectivity index (χ1) is 11.5. The van der Waals surface area contributed by atoms with Crippen LogP contribution in [0.15, 0.2) is 16.5 Å². The molecule has 0 aliphatic heterocycles. The van der Waals surface area contributed by atoms with E-state index >= 15 is 0 Å². The number of ether oxygens (including phenoxy) is 3. The molecule has 7 nitrogen and oxygen atoms in total. The van der Waals surface area contributed by atoms with Crippen LogP contribution in [0, 0.1) is 0 Å². The van der Waals surface area contributed by atoms with Crippen molar-refractivity contribution in [3.8, 4) is 17.2 Å². The fraction of sp³-hybridized carbons (Fsp3) is 0.400. The normalized spacial score (nSPS) is 10.6. The highest BCUT2D eigenvalue weighted by Crippen LogP contribution is 2.38. The van der Waals surface area contributed by atoms with E-state index in [1.54, 1.807) is 23.9 Å². The van der Waals surface area contributed by atoms with Gasteiger partial charge in [0.05, 0.1) is 21.3 Å². The molecule has 0 atom stereocenters. The predicted molar refractivity (Wildman–Crippen MR) is 95.0 cm³/mol. The molecule has 1 N–H and O–H groups in total. The Labute approximate surface area is 148 Å². The lowest BCUT2D eigenvalue weighted by Crippen LogP contribution is -2.12. The van der Waals surface area contributed by atoms with Gasteiger partial charge in [-0.15, -0.1) is 10.2 Å². The van der Waals surface area contributed by atoms with Gasteiger partial charge in [0.25, 0.3) is 5.91 Å². The van der Waals surface area contributed by atoms with Gasteiger partial charge in [-0.1, -0.05) is 36.9 Å². The number of carbonyl (C=O) groups is 1. The molecule has 0 unspecified atom stereocenters. The number of nitrogens with zero attached hydrogens (tertiary/aromatic N) is 2. The SMILES string of the molecule is COc1cc(C(=O)Nc2nnc(SC(C)C)s2)cc(OC)c1OC. The van der Waals surface area contributed by atoms with Crippen LogP contribution in [0.1, 0.15) is 24.2 Å².